The topological polar surface area (TPSA) is 48.1 Å². The van der Waals surface area contributed by atoms with Gasteiger partial charge in [-0.15, -0.1) is 0 Å². The molecule has 2 rings (SSSR count). The number of pyridine rings is 1. The summed E-state index contributed by atoms with van der Waals surface area (Å²) in [5.74, 6) is 0.407. The van der Waals surface area contributed by atoms with Gasteiger partial charge in [-0.1, -0.05) is 6.07 Å². The average molecular weight is 246 g/mol. The fraction of sp³-hybridized carbons (Fsp3) is 0.214. The summed E-state index contributed by atoms with van der Waals surface area (Å²) in [6.45, 7) is 2.57. The number of hydrogen-bond acceptors (Lipinski definition) is 3. The van der Waals surface area contributed by atoms with Crippen molar-refractivity contribution in [3.63, 3.8) is 0 Å². The number of nitrogens with two attached hydrogens (primary N) is 1. The van der Waals surface area contributed by atoms with E-state index in [-0.39, 0.29) is 5.82 Å². The molecule has 1 aromatic heterocycles. The summed E-state index contributed by atoms with van der Waals surface area (Å²) in [6.07, 6.45) is 1.67. The predicted molar refractivity (Wildman–Crippen MR) is 67.6 cm³/mol. The largest absolute Gasteiger partial charge is 0.487 e. The molecule has 0 aliphatic carbocycles. The Morgan fingerprint density at radius 3 is 2.72 bits per heavy atom. The van der Waals surface area contributed by atoms with E-state index in [2.05, 4.69) is 4.98 Å². The third-order valence-electron chi connectivity index (χ3n) is 2.67. The first kappa shape index (κ1) is 12.5. The molecule has 2 aromatic rings. The van der Waals surface area contributed by atoms with Crippen molar-refractivity contribution in [2.24, 2.45) is 5.73 Å². The maximum absolute atomic E-state index is 13.0. The van der Waals surface area contributed by atoms with Crippen molar-refractivity contribution in [2.75, 3.05) is 0 Å². The van der Waals surface area contributed by atoms with Crippen LogP contribution in [0.3, 0.4) is 0 Å². The molecule has 1 heterocycles. The van der Waals surface area contributed by atoms with E-state index >= 15 is 0 Å². The van der Waals surface area contributed by atoms with Crippen molar-refractivity contribution in [2.45, 2.75) is 20.1 Å². The van der Waals surface area contributed by atoms with Crippen molar-refractivity contribution < 1.29 is 9.13 Å². The van der Waals surface area contributed by atoms with Gasteiger partial charge in [0.05, 0.1) is 6.20 Å². The standard InChI is InChI=1S/C14H15FN2O/c1-10-2-5-14(8-17-10)18-9-11-3-4-13(15)6-12(11)7-16/h2-6,8H,7,9,16H2,1H3. The van der Waals surface area contributed by atoms with E-state index in [0.717, 1.165) is 16.8 Å². The van der Waals surface area contributed by atoms with Crippen molar-refractivity contribution in [3.8, 4) is 5.75 Å². The van der Waals surface area contributed by atoms with Crippen LogP contribution in [0.1, 0.15) is 16.8 Å². The second-order valence-corrected chi connectivity index (χ2v) is 4.04. The normalized spacial score (nSPS) is 10.4. The van der Waals surface area contributed by atoms with Crippen molar-refractivity contribution >= 4 is 0 Å². The first-order chi connectivity index (χ1) is 8.69. The molecule has 0 amide bonds. The molecule has 0 saturated carbocycles. The zero-order valence-electron chi connectivity index (χ0n) is 10.2. The third-order valence-corrected chi connectivity index (χ3v) is 2.67. The summed E-state index contributed by atoms with van der Waals surface area (Å²) in [5.41, 5.74) is 8.16. The Morgan fingerprint density at radius 1 is 1.22 bits per heavy atom. The number of aromatic nitrogens is 1. The second kappa shape index (κ2) is 5.60. The molecule has 0 bridgehead atoms. The number of benzene rings is 1. The first-order valence-electron chi connectivity index (χ1n) is 5.72. The lowest BCUT2D eigenvalue weighted by Crippen LogP contribution is -2.05. The van der Waals surface area contributed by atoms with Gasteiger partial charge in [0.2, 0.25) is 0 Å². The van der Waals surface area contributed by atoms with Gasteiger partial charge < -0.3 is 10.5 Å². The van der Waals surface area contributed by atoms with Crippen LogP contribution in [0.2, 0.25) is 0 Å². The van der Waals surface area contributed by atoms with Gasteiger partial charge in [0, 0.05) is 12.2 Å². The molecule has 2 N–H and O–H groups in total. The minimum Gasteiger partial charge on any atom is -0.487 e. The fourth-order valence-corrected chi connectivity index (χ4v) is 1.63. The SMILES string of the molecule is Cc1ccc(OCc2ccc(F)cc2CN)cn1. The molecule has 18 heavy (non-hydrogen) atoms. The van der Waals surface area contributed by atoms with Crippen LogP contribution < -0.4 is 10.5 Å². The number of nitrogens with zero attached hydrogens (tertiary/aromatic N) is 1. The molecule has 0 spiro atoms. The monoisotopic (exact) mass is 246 g/mol. The van der Waals surface area contributed by atoms with Gasteiger partial charge >= 0.3 is 0 Å². The van der Waals surface area contributed by atoms with Crippen LogP contribution in [-0.2, 0) is 13.2 Å². The molecule has 0 aliphatic rings. The van der Waals surface area contributed by atoms with Gasteiger partial charge in [-0.2, -0.15) is 0 Å². The molecule has 3 nitrogen and oxygen atoms in total. The van der Waals surface area contributed by atoms with Crippen LogP contribution in [-0.4, -0.2) is 4.98 Å². The van der Waals surface area contributed by atoms with Crippen molar-refractivity contribution in [1.29, 1.82) is 0 Å². The Morgan fingerprint density at radius 2 is 2.06 bits per heavy atom. The van der Waals surface area contributed by atoms with Crippen molar-refractivity contribution in [1.82, 2.24) is 4.98 Å². The first-order valence-corrected chi connectivity index (χ1v) is 5.72. The molecule has 0 aliphatic heterocycles. The van der Waals surface area contributed by atoms with Crippen LogP contribution in [0.15, 0.2) is 36.5 Å². The van der Waals surface area contributed by atoms with Gasteiger partial charge in [0.25, 0.3) is 0 Å². The van der Waals surface area contributed by atoms with E-state index in [1.165, 1.54) is 12.1 Å². The van der Waals surface area contributed by atoms with Gasteiger partial charge in [-0.05, 0) is 42.3 Å². The Labute approximate surface area is 105 Å². The molecule has 0 saturated heterocycles. The summed E-state index contributed by atoms with van der Waals surface area (Å²) in [5, 5.41) is 0. The molecular formula is C14H15FN2O. The lowest BCUT2D eigenvalue weighted by molar-refractivity contribution is 0.303. The molecular weight excluding hydrogens is 231 g/mol. The van der Waals surface area contributed by atoms with Gasteiger partial charge in [-0.3, -0.25) is 4.98 Å². The van der Waals surface area contributed by atoms with Crippen LogP contribution in [0.4, 0.5) is 4.39 Å². The lowest BCUT2D eigenvalue weighted by Gasteiger charge is -2.10. The zero-order valence-corrected chi connectivity index (χ0v) is 10.2. The maximum Gasteiger partial charge on any atom is 0.138 e. The summed E-state index contributed by atoms with van der Waals surface area (Å²) < 4.78 is 18.6. The summed E-state index contributed by atoms with van der Waals surface area (Å²) in [4.78, 5) is 4.14. The Balaban J connectivity index is 2.08. The van der Waals surface area contributed by atoms with Crippen molar-refractivity contribution in [3.05, 3.63) is 59.2 Å². The average Bonchev–Trinajstić information content (AvgIpc) is 2.39. The fourth-order valence-electron chi connectivity index (χ4n) is 1.63. The Hall–Kier alpha value is -1.94. The molecule has 0 unspecified atom stereocenters. The molecule has 4 heteroatoms. The molecule has 94 valence electrons. The molecule has 0 atom stereocenters. The van der Waals surface area contributed by atoms with E-state index in [1.807, 2.05) is 19.1 Å². The minimum atomic E-state index is -0.281. The Bertz CT molecular complexity index is 526. The smallest absolute Gasteiger partial charge is 0.138 e. The maximum atomic E-state index is 13.0. The van der Waals surface area contributed by atoms with Crippen LogP contribution in [0, 0.1) is 12.7 Å². The minimum absolute atomic E-state index is 0.281. The van der Waals surface area contributed by atoms with Crippen LogP contribution in [0.5, 0.6) is 5.75 Å². The Kier molecular flexibility index (Phi) is 3.89. The van der Waals surface area contributed by atoms with E-state index in [1.54, 1.807) is 12.3 Å². The number of rotatable bonds is 4. The second-order valence-electron chi connectivity index (χ2n) is 4.04. The van der Waals surface area contributed by atoms with E-state index in [4.69, 9.17) is 10.5 Å². The number of ether oxygens (including phenoxy) is 1. The highest BCUT2D eigenvalue weighted by Crippen LogP contribution is 2.15. The highest BCUT2D eigenvalue weighted by molar-refractivity contribution is 5.28. The third kappa shape index (κ3) is 3.05. The molecule has 0 radical (unpaired) electrons. The quantitative estimate of drug-likeness (QED) is 0.902. The van der Waals surface area contributed by atoms with E-state index in [9.17, 15) is 4.39 Å². The van der Waals surface area contributed by atoms with Crippen LogP contribution in [0.25, 0.3) is 0 Å². The van der Waals surface area contributed by atoms with Crippen LogP contribution >= 0.6 is 0 Å². The highest BCUT2D eigenvalue weighted by atomic mass is 19.1. The zero-order chi connectivity index (χ0) is 13.0. The van der Waals surface area contributed by atoms with E-state index in [0.29, 0.717) is 18.9 Å². The van der Waals surface area contributed by atoms with Gasteiger partial charge in [0.15, 0.2) is 0 Å². The van der Waals surface area contributed by atoms with Gasteiger partial charge in [0.1, 0.15) is 18.2 Å². The summed E-state index contributed by atoms with van der Waals surface area (Å²) >= 11 is 0. The molecule has 1 aromatic carbocycles. The lowest BCUT2D eigenvalue weighted by atomic mass is 10.1. The predicted octanol–water partition coefficient (Wildman–Crippen LogP) is 2.57. The number of halogens is 1. The van der Waals surface area contributed by atoms with E-state index < -0.39 is 0 Å². The molecule has 0 fully saturated rings. The highest BCUT2D eigenvalue weighted by Gasteiger charge is 2.04. The van der Waals surface area contributed by atoms with Gasteiger partial charge in [-0.25, -0.2) is 4.39 Å². The number of aryl methyl sites for hydroxylation is 1. The summed E-state index contributed by atoms with van der Waals surface area (Å²) in [6, 6.07) is 8.27. The summed E-state index contributed by atoms with van der Waals surface area (Å²) in [7, 11) is 0. The number of hydrogen-bond donors (Lipinski definition) is 1.